The van der Waals surface area contributed by atoms with E-state index >= 15 is 0 Å². The number of aromatic carboxylic acids is 1. The van der Waals surface area contributed by atoms with Crippen LogP contribution in [0, 0.1) is 0 Å². The molecule has 4 rings (SSSR count). The number of aromatic nitrogens is 2. The number of H-pyrrole nitrogens is 1. The van der Waals surface area contributed by atoms with Crippen molar-refractivity contribution in [3.8, 4) is 11.3 Å². The molecule has 2 aromatic carbocycles. The van der Waals surface area contributed by atoms with Gasteiger partial charge in [0.05, 0.1) is 29.2 Å². The highest BCUT2D eigenvalue weighted by Crippen LogP contribution is 2.31. The summed E-state index contributed by atoms with van der Waals surface area (Å²) in [5, 5.41) is 21.0. The standard InChI is InChI=1S/C26H29ClN8O3/c27-18-7-9-23(35(29)15-32-28)16(12-18)6-10-24(36)33-21-4-2-1-3-11-30-20-8-5-17(26(37)38)13-19(20)22-14-31-25(21)34-22/h5-10,12-15,21,30H,1-4,11,28-29H2,(H,31,34)(H,33,36)(H,37,38)/b10-6+,32-15-/t21-/m0/s1. The van der Waals surface area contributed by atoms with Crippen LogP contribution < -0.4 is 27.3 Å². The number of benzene rings is 2. The first-order valence-electron chi connectivity index (χ1n) is 12.1. The highest BCUT2D eigenvalue weighted by atomic mass is 35.5. The third-order valence-corrected chi connectivity index (χ3v) is 6.39. The fourth-order valence-electron chi connectivity index (χ4n) is 4.27. The molecule has 0 fully saturated rings. The Morgan fingerprint density at radius 1 is 1.21 bits per heavy atom. The number of carboxylic acids is 1. The van der Waals surface area contributed by atoms with Crippen LogP contribution >= 0.6 is 11.6 Å². The summed E-state index contributed by atoms with van der Waals surface area (Å²) < 4.78 is 0. The Balaban J connectivity index is 1.58. The van der Waals surface area contributed by atoms with Crippen molar-refractivity contribution in [2.24, 2.45) is 16.8 Å². The summed E-state index contributed by atoms with van der Waals surface area (Å²) in [6.45, 7) is 0.745. The Kier molecular flexibility index (Phi) is 8.62. The number of hydrazine groups is 1. The molecule has 1 amide bonds. The molecule has 2 heterocycles. The number of nitrogens with two attached hydrogens (primary N) is 2. The van der Waals surface area contributed by atoms with Gasteiger partial charge < -0.3 is 26.6 Å². The lowest BCUT2D eigenvalue weighted by Crippen LogP contribution is -2.30. The van der Waals surface area contributed by atoms with E-state index in [4.69, 9.17) is 23.3 Å². The minimum absolute atomic E-state index is 0.179. The predicted molar refractivity (Wildman–Crippen MR) is 149 cm³/mol. The maximum atomic E-state index is 12.9. The lowest BCUT2D eigenvalue weighted by atomic mass is 10.0. The van der Waals surface area contributed by atoms with Gasteiger partial charge in [-0.15, -0.1) is 0 Å². The normalized spacial score (nSPS) is 15.8. The van der Waals surface area contributed by atoms with Gasteiger partial charge in [-0.2, -0.15) is 5.10 Å². The zero-order chi connectivity index (χ0) is 27.1. The fraction of sp³-hybridized carbons (Fsp3) is 0.231. The Morgan fingerprint density at radius 3 is 2.84 bits per heavy atom. The highest BCUT2D eigenvalue weighted by Gasteiger charge is 2.20. The van der Waals surface area contributed by atoms with Gasteiger partial charge in [0.2, 0.25) is 5.91 Å². The molecule has 11 nitrogen and oxygen atoms in total. The summed E-state index contributed by atoms with van der Waals surface area (Å²) in [5.41, 5.74) is 3.53. The van der Waals surface area contributed by atoms with Crippen molar-refractivity contribution in [3.05, 3.63) is 70.6 Å². The predicted octanol–water partition coefficient (Wildman–Crippen LogP) is 3.87. The molecule has 0 saturated carbocycles. The number of halogens is 1. The molecule has 1 aromatic heterocycles. The summed E-state index contributed by atoms with van der Waals surface area (Å²) in [5.74, 6) is 10.4. The lowest BCUT2D eigenvalue weighted by Gasteiger charge is -2.18. The number of hydrazone groups is 1. The maximum Gasteiger partial charge on any atom is 0.335 e. The number of anilines is 2. The summed E-state index contributed by atoms with van der Waals surface area (Å²) in [4.78, 5) is 32.3. The first kappa shape index (κ1) is 26.7. The van der Waals surface area contributed by atoms with Crippen molar-refractivity contribution in [1.29, 1.82) is 0 Å². The van der Waals surface area contributed by atoms with E-state index in [1.165, 1.54) is 17.4 Å². The number of fused-ring (bicyclic) bond motifs is 4. The molecule has 1 aliphatic heterocycles. The molecule has 0 saturated heterocycles. The fourth-order valence-corrected chi connectivity index (χ4v) is 4.45. The Hall–Kier alpha value is -4.35. The second kappa shape index (κ2) is 12.3. The van der Waals surface area contributed by atoms with E-state index in [2.05, 4.69) is 25.7 Å². The molecule has 1 atom stereocenters. The lowest BCUT2D eigenvalue weighted by molar-refractivity contribution is -0.117. The molecule has 12 heteroatoms. The Bertz CT molecular complexity index is 1370. The Labute approximate surface area is 224 Å². The van der Waals surface area contributed by atoms with Gasteiger partial charge in [0.25, 0.3) is 0 Å². The molecule has 0 unspecified atom stereocenters. The van der Waals surface area contributed by atoms with Crippen LogP contribution in [0.3, 0.4) is 0 Å². The molecule has 2 bridgehead atoms. The summed E-state index contributed by atoms with van der Waals surface area (Å²) in [6, 6.07) is 9.63. The molecular formula is C26H29ClN8O3. The number of carbonyl (C=O) groups is 2. The van der Waals surface area contributed by atoms with Gasteiger partial charge in [-0.3, -0.25) is 9.80 Å². The monoisotopic (exact) mass is 536 g/mol. The molecule has 1 aliphatic rings. The van der Waals surface area contributed by atoms with Gasteiger partial charge in [-0.25, -0.2) is 15.6 Å². The van der Waals surface area contributed by atoms with Crippen LogP contribution in [0.5, 0.6) is 0 Å². The largest absolute Gasteiger partial charge is 0.478 e. The second-order valence-corrected chi connectivity index (χ2v) is 9.23. The van der Waals surface area contributed by atoms with E-state index in [-0.39, 0.29) is 17.5 Å². The average molecular weight is 537 g/mol. The summed E-state index contributed by atoms with van der Waals surface area (Å²) >= 11 is 6.14. The van der Waals surface area contributed by atoms with Crippen molar-refractivity contribution < 1.29 is 14.7 Å². The van der Waals surface area contributed by atoms with Gasteiger partial charge in [0.1, 0.15) is 12.2 Å². The van der Waals surface area contributed by atoms with Crippen molar-refractivity contribution in [2.75, 3.05) is 16.9 Å². The zero-order valence-corrected chi connectivity index (χ0v) is 21.3. The SMILES string of the molecule is N/N=C\N(N)c1ccc(Cl)cc1/C=C/C(=O)N[C@H]1CCCCCNc2ccc(C(=O)O)cc2-c2cnc1[nH]2. The molecule has 38 heavy (non-hydrogen) atoms. The third-order valence-electron chi connectivity index (χ3n) is 6.16. The molecule has 8 N–H and O–H groups in total. The van der Waals surface area contributed by atoms with Crippen LogP contribution in [-0.4, -0.2) is 39.8 Å². The number of nitrogens with zero attached hydrogens (tertiary/aromatic N) is 3. The van der Waals surface area contributed by atoms with Crippen LogP contribution in [0.2, 0.25) is 5.02 Å². The second-order valence-electron chi connectivity index (χ2n) is 8.79. The van der Waals surface area contributed by atoms with E-state index in [0.29, 0.717) is 39.8 Å². The molecule has 3 aromatic rings. The quantitative estimate of drug-likeness (QED) is 0.0904. The minimum Gasteiger partial charge on any atom is -0.478 e. The van der Waals surface area contributed by atoms with Crippen LogP contribution in [0.1, 0.15) is 53.5 Å². The molecule has 0 aliphatic carbocycles. The first-order valence-corrected chi connectivity index (χ1v) is 12.5. The molecular weight excluding hydrogens is 508 g/mol. The third kappa shape index (κ3) is 6.50. The van der Waals surface area contributed by atoms with Crippen molar-refractivity contribution in [1.82, 2.24) is 15.3 Å². The van der Waals surface area contributed by atoms with E-state index in [9.17, 15) is 14.7 Å². The van der Waals surface area contributed by atoms with Gasteiger partial charge in [-0.1, -0.05) is 24.4 Å². The summed E-state index contributed by atoms with van der Waals surface area (Å²) in [7, 11) is 0. The Morgan fingerprint density at radius 2 is 2.05 bits per heavy atom. The van der Waals surface area contributed by atoms with Crippen LogP contribution in [0.25, 0.3) is 17.3 Å². The number of hydrogen-bond acceptors (Lipinski definition) is 7. The summed E-state index contributed by atoms with van der Waals surface area (Å²) in [6.07, 6.45) is 9.36. The number of carboxylic acid groups (broad SMARTS) is 1. The molecule has 198 valence electrons. The van der Waals surface area contributed by atoms with Crippen molar-refractivity contribution in [3.63, 3.8) is 0 Å². The van der Waals surface area contributed by atoms with Crippen LogP contribution in [-0.2, 0) is 4.79 Å². The number of rotatable bonds is 6. The smallest absolute Gasteiger partial charge is 0.335 e. The van der Waals surface area contributed by atoms with E-state index in [1.807, 2.05) is 0 Å². The number of imidazole rings is 1. The highest BCUT2D eigenvalue weighted by molar-refractivity contribution is 6.30. The molecule has 0 spiro atoms. The van der Waals surface area contributed by atoms with E-state index in [1.54, 1.807) is 48.7 Å². The molecule has 0 radical (unpaired) electrons. The van der Waals surface area contributed by atoms with Gasteiger partial charge in [-0.05, 0) is 55.3 Å². The maximum absolute atomic E-state index is 12.9. The van der Waals surface area contributed by atoms with E-state index in [0.717, 1.165) is 31.5 Å². The van der Waals surface area contributed by atoms with Gasteiger partial charge >= 0.3 is 5.97 Å². The zero-order valence-electron chi connectivity index (χ0n) is 20.5. The van der Waals surface area contributed by atoms with Gasteiger partial charge in [0, 0.05) is 34.5 Å². The van der Waals surface area contributed by atoms with Gasteiger partial charge in [0.15, 0.2) is 0 Å². The average Bonchev–Trinajstić information content (AvgIpc) is 3.38. The number of nitrogens with one attached hydrogen (secondary N) is 3. The number of carbonyl (C=O) groups excluding carboxylic acids is 1. The number of aromatic amines is 1. The topological polar surface area (TPSA) is 175 Å². The van der Waals surface area contributed by atoms with Crippen molar-refractivity contribution in [2.45, 2.75) is 31.7 Å². The number of amides is 1. The van der Waals surface area contributed by atoms with Crippen molar-refractivity contribution >= 4 is 47.3 Å². The van der Waals surface area contributed by atoms with Crippen LogP contribution in [0.4, 0.5) is 11.4 Å². The van der Waals surface area contributed by atoms with Crippen LogP contribution in [0.15, 0.2) is 53.8 Å². The minimum atomic E-state index is -1.01. The van der Waals surface area contributed by atoms with E-state index < -0.39 is 5.97 Å². The number of hydrogen-bond donors (Lipinski definition) is 6. The first-order chi connectivity index (χ1) is 18.4.